The van der Waals surface area contributed by atoms with Crippen LogP contribution in [0.1, 0.15) is 5.56 Å². The average molecular weight is 329 g/mol. The molecule has 6 nitrogen and oxygen atoms in total. The minimum atomic E-state index is -3.73. The lowest BCUT2D eigenvalue weighted by molar-refractivity contribution is 0.475. The van der Waals surface area contributed by atoms with Crippen molar-refractivity contribution in [3.63, 3.8) is 0 Å². The van der Waals surface area contributed by atoms with Gasteiger partial charge in [0.15, 0.2) is 0 Å². The Morgan fingerprint density at radius 3 is 2.52 bits per heavy atom. The summed E-state index contributed by atoms with van der Waals surface area (Å²) in [6.45, 7) is 0.184. The van der Waals surface area contributed by atoms with Gasteiger partial charge in [-0.25, -0.2) is 13.1 Å². The van der Waals surface area contributed by atoms with Crippen LogP contribution >= 0.6 is 11.6 Å². The van der Waals surface area contributed by atoms with Gasteiger partial charge in [0.1, 0.15) is 10.8 Å². The largest absolute Gasteiger partial charge is 0.508 e. The van der Waals surface area contributed by atoms with Gasteiger partial charge < -0.3 is 10.1 Å². The summed E-state index contributed by atoms with van der Waals surface area (Å²) in [6, 6.07) is 7.58. The van der Waals surface area contributed by atoms with Gasteiger partial charge in [-0.05, 0) is 30.2 Å². The third kappa shape index (κ3) is 4.07. The van der Waals surface area contributed by atoms with E-state index in [2.05, 4.69) is 9.71 Å². The van der Waals surface area contributed by atoms with E-state index in [1.165, 1.54) is 12.1 Å². The van der Waals surface area contributed by atoms with E-state index in [0.29, 0.717) is 6.42 Å². The van der Waals surface area contributed by atoms with Gasteiger partial charge in [-0.1, -0.05) is 23.7 Å². The SMILES string of the molecule is O=c1[nH]cc(S(=O)(=O)NCCc2ccc(O)cc2)cc1Cl. The standard InChI is InChI=1S/C13H13ClN2O4S/c14-12-7-11(8-15-13(12)18)21(19,20)16-6-5-9-1-3-10(17)4-2-9/h1-4,7-8,16-17H,5-6H2,(H,15,18). The van der Waals surface area contributed by atoms with Crippen molar-refractivity contribution < 1.29 is 13.5 Å². The van der Waals surface area contributed by atoms with E-state index >= 15 is 0 Å². The Hall–Kier alpha value is -1.83. The van der Waals surface area contributed by atoms with Crippen molar-refractivity contribution in [2.45, 2.75) is 11.3 Å². The quantitative estimate of drug-likeness (QED) is 0.769. The number of benzene rings is 1. The molecule has 112 valence electrons. The number of H-pyrrole nitrogens is 1. The van der Waals surface area contributed by atoms with Crippen LogP contribution in [-0.4, -0.2) is 25.1 Å². The van der Waals surface area contributed by atoms with Gasteiger partial charge in [0.2, 0.25) is 10.0 Å². The minimum absolute atomic E-state index is 0.0993. The lowest BCUT2D eigenvalue weighted by Crippen LogP contribution is -2.26. The number of hydrogen-bond acceptors (Lipinski definition) is 4. The van der Waals surface area contributed by atoms with Crippen molar-refractivity contribution in [3.05, 3.63) is 57.5 Å². The van der Waals surface area contributed by atoms with Crippen LogP contribution < -0.4 is 10.3 Å². The smallest absolute Gasteiger partial charge is 0.266 e. The number of rotatable bonds is 5. The number of aromatic hydroxyl groups is 1. The highest BCUT2D eigenvalue weighted by atomic mass is 35.5. The van der Waals surface area contributed by atoms with Crippen LogP contribution in [0.5, 0.6) is 5.75 Å². The molecular weight excluding hydrogens is 316 g/mol. The first kappa shape index (κ1) is 15.6. The summed E-state index contributed by atoms with van der Waals surface area (Å²) in [4.78, 5) is 13.3. The van der Waals surface area contributed by atoms with Crippen molar-refractivity contribution in [2.75, 3.05) is 6.54 Å². The highest BCUT2D eigenvalue weighted by molar-refractivity contribution is 7.89. The first-order valence-corrected chi connectivity index (χ1v) is 7.90. The zero-order valence-electron chi connectivity index (χ0n) is 10.8. The summed E-state index contributed by atoms with van der Waals surface area (Å²) in [5, 5.41) is 8.97. The lowest BCUT2D eigenvalue weighted by Gasteiger charge is -2.07. The van der Waals surface area contributed by atoms with Gasteiger partial charge in [0, 0.05) is 12.7 Å². The summed E-state index contributed by atoms with van der Waals surface area (Å²) in [7, 11) is -3.73. The van der Waals surface area contributed by atoms with Crippen molar-refractivity contribution in [2.24, 2.45) is 0 Å². The molecule has 0 spiro atoms. The third-order valence-corrected chi connectivity index (χ3v) is 4.51. The molecule has 0 aliphatic rings. The van der Waals surface area contributed by atoms with Crippen molar-refractivity contribution in [1.82, 2.24) is 9.71 Å². The minimum Gasteiger partial charge on any atom is -0.508 e. The molecule has 3 N–H and O–H groups in total. The Kier molecular flexibility index (Phi) is 4.66. The second-order valence-electron chi connectivity index (χ2n) is 4.33. The highest BCUT2D eigenvalue weighted by Crippen LogP contribution is 2.12. The number of hydrogen-bond donors (Lipinski definition) is 3. The molecule has 0 aliphatic heterocycles. The van der Waals surface area contributed by atoms with Crippen LogP contribution in [0.15, 0.2) is 46.2 Å². The van der Waals surface area contributed by atoms with Gasteiger partial charge in [0.25, 0.3) is 5.56 Å². The number of aromatic amines is 1. The molecule has 1 aromatic heterocycles. The molecule has 0 saturated heterocycles. The van der Waals surface area contributed by atoms with E-state index < -0.39 is 15.6 Å². The monoisotopic (exact) mass is 328 g/mol. The summed E-state index contributed by atoms with van der Waals surface area (Å²) in [6.07, 6.45) is 1.56. The molecule has 21 heavy (non-hydrogen) atoms. The highest BCUT2D eigenvalue weighted by Gasteiger charge is 2.15. The van der Waals surface area contributed by atoms with E-state index in [9.17, 15) is 13.2 Å². The van der Waals surface area contributed by atoms with Gasteiger partial charge in [0.05, 0.1) is 4.90 Å². The summed E-state index contributed by atoms with van der Waals surface area (Å²) >= 11 is 5.60. The van der Waals surface area contributed by atoms with Crippen LogP contribution in [-0.2, 0) is 16.4 Å². The molecule has 1 aromatic carbocycles. The Morgan fingerprint density at radius 2 is 1.90 bits per heavy atom. The number of halogens is 1. The maximum atomic E-state index is 12.0. The number of sulfonamides is 1. The Labute approximate surface area is 126 Å². The van der Waals surface area contributed by atoms with E-state index in [1.54, 1.807) is 12.1 Å². The molecule has 0 amide bonds. The molecule has 2 rings (SSSR count). The summed E-state index contributed by atoms with van der Waals surface area (Å²) in [5.74, 6) is 0.155. The number of aromatic nitrogens is 1. The molecule has 0 unspecified atom stereocenters. The van der Waals surface area contributed by atoms with Crippen LogP contribution in [0.2, 0.25) is 5.02 Å². The predicted molar refractivity (Wildman–Crippen MR) is 79.1 cm³/mol. The van der Waals surface area contributed by atoms with Gasteiger partial charge in [-0.15, -0.1) is 0 Å². The molecular formula is C13H13ClN2O4S. The van der Waals surface area contributed by atoms with Crippen LogP contribution in [0.25, 0.3) is 0 Å². The van der Waals surface area contributed by atoms with Crippen molar-refractivity contribution >= 4 is 21.6 Å². The molecule has 0 radical (unpaired) electrons. The first-order valence-electron chi connectivity index (χ1n) is 6.04. The predicted octanol–water partition coefficient (Wildman–Crippen LogP) is 1.25. The Morgan fingerprint density at radius 1 is 1.24 bits per heavy atom. The van der Waals surface area contributed by atoms with Crippen molar-refractivity contribution in [3.8, 4) is 5.75 Å². The molecule has 0 aliphatic carbocycles. The zero-order valence-corrected chi connectivity index (χ0v) is 12.4. The number of phenols is 1. The maximum absolute atomic E-state index is 12.0. The number of phenolic OH excluding ortho intramolecular Hbond substituents is 1. The second-order valence-corrected chi connectivity index (χ2v) is 6.50. The normalized spacial score (nSPS) is 11.5. The lowest BCUT2D eigenvalue weighted by atomic mass is 10.1. The average Bonchev–Trinajstić information content (AvgIpc) is 2.44. The van der Waals surface area contributed by atoms with Crippen LogP contribution in [0.4, 0.5) is 0 Å². The van der Waals surface area contributed by atoms with E-state index in [4.69, 9.17) is 16.7 Å². The fraction of sp³-hybridized carbons (Fsp3) is 0.154. The van der Waals surface area contributed by atoms with Gasteiger partial charge in [-0.2, -0.15) is 0 Å². The molecule has 1 heterocycles. The Bertz CT molecular complexity index is 785. The second kappa shape index (κ2) is 6.30. The summed E-state index contributed by atoms with van der Waals surface area (Å²) in [5.41, 5.74) is 0.342. The summed E-state index contributed by atoms with van der Waals surface area (Å²) < 4.78 is 26.4. The van der Waals surface area contributed by atoms with Crippen molar-refractivity contribution in [1.29, 1.82) is 0 Å². The Balaban J connectivity index is 2.02. The van der Waals surface area contributed by atoms with E-state index in [0.717, 1.165) is 17.8 Å². The van der Waals surface area contributed by atoms with Gasteiger partial charge in [-0.3, -0.25) is 4.79 Å². The topological polar surface area (TPSA) is 99.3 Å². The molecule has 8 heteroatoms. The van der Waals surface area contributed by atoms with Gasteiger partial charge >= 0.3 is 0 Å². The molecule has 0 bridgehead atoms. The molecule has 2 aromatic rings. The fourth-order valence-corrected chi connectivity index (χ4v) is 2.93. The molecule has 0 atom stereocenters. The maximum Gasteiger partial charge on any atom is 0.266 e. The third-order valence-electron chi connectivity index (χ3n) is 2.78. The van der Waals surface area contributed by atoms with E-state index in [-0.39, 0.29) is 22.2 Å². The number of pyridine rings is 1. The number of nitrogens with one attached hydrogen (secondary N) is 2. The van der Waals surface area contributed by atoms with E-state index in [1.807, 2.05) is 0 Å². The zero-order chi connectivity index (χ0) is 15.5. The van der Waals surface area contributed by atoms with Crippen LogP contribution in [0.3, 0.4) is 0 Å². The molecule has 0 fully saturated rings. The van der Waals surface area contributed by atoms with Crippen LogP contribution in [0, 0.1) is 0 Å². The molecule has 0 saturated carbocycles. The fourth-order valence-electron chi connectivity index (χ4n) is 1.67. The first-order chi connectivity index (χ1) is 9.88.